The maximum atomic E-state index is 11.9. The molecule has 224 valence electrons. The fourth-order valence-corrected chi connectivity index (χ4v) is 4.76. The van der Waals surface area contributed by atoms with Gasteiger partial charge < -0.3 is 29.6 Å². The number of nitrogens with one attached hydrogen (secondary N) is 2. The van der Waals surface area contributed by atoms with E-state index in [1.54, 1.807) is 13.8 Å². The molecule has 0 heterocycles. The molecule has 0 saturated heterocycles. The van der Waals surface area contributed by atoms with Gasteiger partial charge >= 0.3 is 24.1 Å². The Balaban J connectivity index is 3.93. The molecule has 0 unspecified atom stereocenters. The maximum absolute atomic E-state index is 11.9. The van der Waals surface area contributed by atoms with Crippen LogP contribution in [0.2, 0.25) is 0 Å². The highest BCUT2D eigenvalue weighted by atomic mass is 32.2. The van der Waals surface area contributed by atoms with Crippen LogP contribution in [0.25, 0.3) is 0 Å². The van der Waals surface area contributed by atoms with E-state index in [0.29, 0.717) is 60.5 Å². The molecular weight excluding hydrogens is 544 g/mol. The van der Waals surface area contributed by atoms with Gasteiger partial charge in [0.15, 0.2) is 0 Å². The van der Waals surface area contributed by atoms with Crippen LogP contribution in [0.3, 0.4) is 0 Å². The Bertz CT molecular complexity index is 805. The molecule has 0 rings (SSSR count). The molecule has 0 aliphatic carbocycles. The SMILES string of the molecule is C=C(CSCCOC(=O)NCCC(C)(C)C[C@H](C)CNC(=O)OCCSCC(=C)C(=O)OCC)C(=O)OCC. The number of thioether (sulfide) groups is 2. The normalized spacial score (nSPS) is 11.6. The molecule has 0 fully saturated rings. The first kappa shape index (κ1) is 36.7. The van der Waals surface area contributed by atoms with E-state index in [0.717, 1.165) is 12.8 Å². The van der Waals surface area contributed by atoms with E-state index in [2.05, 4.69) is 44.6 Å². The molecular formula is C27H46N2O8S2. The van der Waals surface area contributed by atoms with Gasteiger partial charge in [0.05, 0.1) is 13.2 Å². The number of carbonyl (C=O) groups is 4. The predicted octanol–water partition coefficient (Wildman–Crippen LogP) is 4.59. The van der Waals surface area contributed by atoms with Gasteiger partial charge in [-0.2, -0.15) is 23.5 Å². The van der Waals surface area contributed by atoms with E-state index >= 15 is 0 Å². The van der Waals surface area contributed by atoms with E-state index in [-0.39, 0.29) is 24.5 Å². The second-order valence-corrected chi connectivity index (χ2v) is 11.8. The first-order valence-corrected chi connectivity index (χ1v) is 15.4. The van der Waals surface area contributed by atoms with Crippen molar-refractivity contribution in [1.29, 1.82) is 0 Å². The molecule has 10 nitrogen and oxygen atoms in total. The third-order valence-electron chi connectivity index (χ3n) is 5.17. The minimum absolute atomic E-state index is 0.0560. The number of ether oxygens (including phenoxy) is 4. The molecule has 0 aliphatic rings. The first-order valence-electron chi connectivity index (χ1n) is 13.1. The van der Waals surface area contributed by atoms with Crippen molar-refractivity contribution >= 4 is 47.6 Å². The van der Waals surface area contributed by atoms with Gasteiger partial charge in [-0.15, -0.1) is 0 Å². The van der Waals surface area contributed by atoms with Gasteiger partial charge in [0.1, 0.15) is 13.2 Å². The van der Waals surface area contributed by atoms with Crippen molar-refractivity contribution in [3.8, 4) is 0 Å². The van der Waals surface area contributed by atoms with Crippen molar-refractivity contribution in [2.24, 2.45) is 11.3 Å². The predicted molar refractivity (Wildman–Crippen MR) is 157 cm³/mol. The second kappa shape index (κ2) is 21.5. The Morgan fingerprint density at radius 3 is 1.72 bits per heavy atom. The standard InChI is InChI=1S/C27H46N2O8S2/c1-8-34-23(30)21(4)18-38-14-12-36-25(32)28-11-10-27(6,7)16-20(3)17-29-26(33)37-13-15-39-19-22(5)24(31)35-9-2/h20H,4-5,8-19H2,1-3,6-7H3,(H,28,32)(H,29,33)/t20-/m0/s1. The van der Waals surface area contributed by atoms with Gasteiger partial charge in [-0.3, -0.25) is 0 Å². The van der Waals surface area contributed by atoms with E-state index < -0.39 is 24.1 Å². The van der Waals surface area contributed by atoms with Gasteiger partial charge in [0.2, 0.25) is 0 Å². The van der Waals surface area contributed by atoms with E-state index in [1.165, 1.54) is 23.5 Å². The van der Waals surface area contributed by atoms with Gasteiger partial charge in [-0.25, -0.2) is 19.2 Å². The third kappa shape index (κ3) is 20.3. The smallest absolute Gasteiger partial charge is 0.407 e. The number of esters is 2. The number of hydrogen-bond acceptors (Lipinski definition) is 10. The maximum Gasteiger partial charge on any atom is 0.407 e. The van der Waals surface area contributed by atoms with Gasteiger partial charge in [-0.05, 0) is 38.0 Å². The molecule has 39 heavy (non-hydrogen) atoms. The lowest BCUT2D eigenvalue weighted by atomic mass is 9.80. The molecule has 0 radical (unpaired) electrons. The number of rotatable bonds is 21. The van der Waals surface area contributed by atoms with Crippen molar-refractivity contribution in [2.45, 2.75) is 47.5 Å². The quantitative estimate of drug-likeness (QED) is 0.0848. The highest BCUT2D eigenvalue weighted by Gasteiger charge is 2.22. The highest BCUT2D eigenvalue weighted by Crippen LogP contribution is 2.28. The zero-order valence-corrected chi connectivity index (χ0v) is 25.7. The Hall–Kier alpha value is -2.34. The van der Waals surface area contributed by atoms with Crippen molar-refractivity contribution in [1.82, 2.24) is 10.6 Å². The van der Waals surface area contributed by atoms with Crippen LogP contribution in [0.1, 0.15) is 47.5 Å². The molecule has 0 saturated carbocycles. The summed E-state index contributed by atoms with van der Waals surface area (Å²) >= 11 is 2.89. The van der Waals surface area contributed by atoms with Gasteiger partial charge in [0, 0.05) is 47.2 Å². The lowest BCUT2D eigenvalue weighted by molar-refractivity contribution is -0.139. The van der Waals surface area contributed by atoms with Crippen LogP contribution in [0.15, 0.2) is 24.3 Å². The van der Waals surface area contributed by atoms with E-state index in [4.69, 9.17) is 18.9 Å². The lowest BCUT2D eigenvalue weighted by Crippen LogP contribution is -2.33. The molecule has 0 aromatic heterocycles. The molecule has 0 bridgehead atoms. The summed E-state index contributed by atoms with van der Waals surface area (Å²) in [6, 6.07) is 0. The first-order chi connectivity index (χ1) is 18.4. The van der Waals surface area contributed by atoms with Crippen LogP contribution >= 0.6 is 23.5 Å². The van der Waals surface area contributed by atoms with Crippen LogP contribution in [-0.4, -0.2) is 86.7 Å². The van der Waals surface area contributed by atoms with E-state index in [1.807, 2.05) is 0 Å². The van der Waals surface area contributed by atoms with Crippen molar-refractivity contribution in [3.63, 3.8) is 0 Å². The van der Waals surface area contributed by atoms with Crippen LogP contribution in [-0.2, 0) is 28.5 Å². The highest BCUT2D eigenvalue weighted by molar-refractivity contribution is 7.99. The minimum Gasteiger partial charge on any atom is -0.463 e. The summed E-state index contributed by atoms with van der Waals surface area (Å²) in [6.45, 7) is 19.2. The molecule has 2 amide bonds. The number of hydrogen-bond donors (Lipinski definition) is 2. The molecule has 0 spiro atoms. The summed E-state index contributed by atoms with van der Waals surface area (Å²) in [5.41, 5.74) is 0.722. The average Bonchev–Trinajstić information content (AvgIpc) is 2.86. The summed E-state index contributed by atoms with van der Waals surface area (Å²) in [6.07, 6.45) is 0.643. The Morgan fingerprint density at radius 1 is 0.795 bits per heavy atom. The second-order valence-electron chi connectivity index (χ2n) is 9.56. The summed E-state index contributed by atoms with van der Waals surface area (Å²) in [5, 5.41) is 5.55. The summed E-state index contributed by atoms with van der Waals surface area (Å²) in [5.74, 6) is 1.36. The molecule has 2 N–H and O–H groups in total. The van der Waals surface area contributed by atoms with Crippen LogP contribution in [0.4, 0.5) is 9.59 Å². The molecule has 0 aromatic carbocycles. The Morgan fingerprint density at radius 2 is 1.26 bits per heavy atom. The van der Waals surface area contributed by atoms with Gasteiger partial charge in [0.25, 0.3) is 0 Å². The summed E-state index contributed by atoms with van der Waals surface area (Å²) in [7, 11) is 0. The Kier molecular flexibility index (Phi) is 20.2. The summed E-state index contributed by atoms with van der Waals surface area (Å²) < 4.78 is 20.1. The molecule has 12 heteroatoms. The van der Waals surface area contributed by atoms with Crippen molar-refractivity contribution < 1.29 is 38.1 Å². The average molecular weight is 591 g/mol. The molecule has 0 aliphatic heterocycles. The van der Waals surface area contributed by atoms with Crippen molar-refractivity contribution in [3.05, 3.63) is 24.3 Å². The Labute approximate surface area is 241 Å². The molecule has 1 atom stereocenters. The largest absolute Gasteiger partial charge is 0.463 e. The fourth-order valence-electron chi connectivity index (χ4n) is 3.34. The summed E-state index contributed by atoms with van der Waals surface area (Å²) in [4.78, 5) is 46.8. The van der Waals surface area contributed by atoms with Crippen LogP contribution < -0.4 is 10.6 Å². The number of alkyl carbamates (subject to hydrolysis) is 2. The van der Waals surface area contributed by atoms with E-state index in [9.17, 15) is 19.2 Å². The zero-order valence-electron chi connectivity index (χ0n) is 24.1. The zero-order chi connectivity index (χ0) is 29.7. The van der Waals surface area contributed by atoms with Gasteiger partial charge in [-0.1, -0.05) is 33.9 Å². The topological polar surface area (TPSA) is 129 Å². The lowest BCUT2D eigenvalue weighted by Gasteiger charge is -2.28. The number of carbonyl (C=O) groups excluding carboxylic acids is 4. The third-order valence-corrected chi connectivity index (χ3v) is 7.19. The fraction of sp³-hybridized carbons (Fsp3) is 0.704. The monoisotopic (exact) mass is 590 g/mol. The number of amides is 2. The minimum atomic E-state index is -0.476. The van der Waals surface area contributed by atoms with Crippen LogP contribution in [0.5, 0.6) is 0 Å². The van der Waals surface area contributed by atoms with Crippen molar-refractivity contribution in [2.75, 3.05) is 62.5 Å². The van der Waals surface area contributed by atoms with Crippen LogP contribution in [0, 0.1) is 11.3 Å². The molecule has 0 aromatic rings.